The number of fused-ring (bicyclic) bond motifs is 1. The highest BCUT2D eigenvalue weighted by atomic mass is 15.2. The van der Waals surface area contributed by atoms with E-state index >= 15 is 0 Å². The van der Waals surface area contributed by atoms with E-state index in [0.29, 0.717) is 12.1 Å². The zero-order valence-corrected chi connectivity index (χ0v) is 11.7. The maximum Gasteiger partial charge on any atom is 0.0670 e. The van der Waals surface area contributed by atoms with Gasteiger partial charge in [-0.3, -0.25) is 5.10 Å². The highest BCUT2D eigenvalue weighted by molar-refractivity contribution is 5.81. The number of hydrogen-bond acceptors (Lipinski definition) is 3. The zero-order chi connectivity index (χ0) is 13.2. The van der Waals surface area contributed by atoms with Crippen molar-refractivity contribution in [1.82, 2.24) is 15.1 Å². The third-order valence-electron chi connectivity index (χ3n) is 4.07. The van der Waals surface area contributed by atoms with Crippen LogP contribution in [-0.2, 0) is 0 Å². The summed E-state index contributed by atoms with van der Waals surface area (Å²) in [4.78, 5) is 2.55. The van der Waals surface area contributed by atoms with E-state index in [1.54, 1.807) is 0 Å². The van der Waals surface area contributed by atoms with Gasteiger partial charge in [-0.15, -0.1) is 0 Å². The first-order valence-electron chi connectivity index (χ1n) is 7.16. The zero-order valence-electron chi connectivity index (χ0n) is 11.7. The van der Waals surface area contributed by atoms with Crippen LogP contribution in [-0.4, -0.2) is 40.3 Å². The third kappa shape index (κ3) is 2.73. The Morgan fingerprint density at radius 2 is 2.11 bits per heavy atom. The summed E-state index contributed by atoms with van der Waals surface area (Å²) in [5.41, 5.74) is 2.30. The standard InChI is InChI=1S/C15H22N4/c1-11(2)19-7-5-13(6-8-19)17-14-4-3-12-10-16-18-15(12)9-14/h3-4,9-11,13,17H,5-8H2,1-2H3,(H,16,18). The molecular weight excluding hydrogens is 236 g/mol. The Balaban J connectivity index is 1.62. The van der Waals surface area contributed by atoms with Crippen molar-refractivity contribution in [3.63, 3.8) is 0 Å². The number of piperidine rings is 1. The molecule has 1 fully saturated rings. The molecule has 1 saturated heterocycles. The van der Waals surface area contributed by atoms with E-state index in [4.69, 9.17) is 0 Å². The number of aromatic nitrogens is 2. The first kappa shape index (κ1) is 12.5. The van der Waals surface area contributed by atoms with Crippen molar-refractivity contribution in [2.75, 3.05) is 18.4 Å². The van der Waals surface area contributed by atoms with E-state index in [1.807, 2.05) is 6.20 Å². The van der Waals surface area contributed by atoms with Gasteiger partial charge in [-0.2, -0.15) is 5.10 Å². The van der Waals surface area contributed by atoms with Crippen molar-refractivity contribution in [2.24, 2.45) is 0 Å². The predicted molar refractivity (Wildman–Crippen MR) is 79.4 cm³/mol. The lowest BCUT2D eigenvalue weighted by atomic mass is 10.0. The minimum Gasteiger partial charge on any atom is -0.382 e. The summed E-state index contributed by atoms with van der Waals surface area (Å²) in [5.74, 6) is 0. The van der Waals surface area contributed by atoms with Gasteiger partial charge < -0.3 is 10.2 Å². The lowest BCUT2D eigenvalue weighted by Gasteiger charge is -2.35. The molecule has 2 heterocycles. The topological polar surface area (TPSA) is 44.0 Å². The lowest BCUT2D eigenvalue weighted by Crippen LogP contribution is -2.42. The molecule has 2 N–H and O–H groups in total. The molecule has 0 unspecified atom stereocenters. The first-order valence-corrected chi connectivity index (χ1v) is 7.16. The fourth-order valence-corrected chi connectivity index (χ4v) is 2.82. The SMILES string of the molecule is CC(C)N1CCC(Nc2ccc3cn[nH]c3c2)CC1. The average molecular weight is 258 g/mol. The molecule has 2 aromatic rings. The number of anilines is 1. The number of likely N-dealkylation sites (tertiary alicyclic amines) is 1. The van der Waals surface area contributed by atoms with Crippen LogP contribution in [0.4, 0.5) is 5.69 Å². The molecule has 0 spiro atoms. The summed E-state index contributed by atoms with van der Waals surface area (Å²) >= 11 is 0. The van der Waals surface area contributed by atoms with Gasteiger partial charge in [0.2, 0.25) is 0 Å². The van der Waals surface area contributed by atoms with E-state index in [1.165, 1.54) is 37.0 Å². The Hall–Kier alpha value is -1.55. The quantitative estimate of drug-likeness (QED) is 0.889. The molecule has 1 aromatic heterocycles. The average Bonchev–Trinajstić information content (AvgIpc) is 2.87. The fourth-order valence-electron chi connectivity index (χ4n) is 2.82. The monoisotopic (exact) mass is 258 g/mol. The van der Waals surface area contributed by atoms with E-state index in [-0.39, 0.29) is 0 Å². The largest absolute Gasteiger partial charge is 0.382 e. The van der Waals surface area contributed by atoms with Crippen LogP contribution in [0, 0.1) is 0 Å². The van der Waals surface area contributed by atoms with Crippen LogP contribution in [0.2, 0.25) is 0 Å². The van der Waals surface area contributed by atoms with Crippen molar-refractivity contribution in [3.05, 3.63) is 24.4 Å². The Morgan fingerprint density at radius 1 is 1.32 bits per heavy atom. The number of nitrogens with zero attached hydrogens (tertiary/aromatic N) is 2. The molecule has 4 heteroatoms. The highest BCUT2D eigenvalue weighted by Gasteiger charge is 2.20. The molecule has 1 aliphatic heterocycles. The molecule has 0 bridgehead atoms. The van der Waals surface area contributed by atoms with Gasteiger partial charge in [0.15, 0.2) is 0 Å². The lowest BCUT2D eigenvalue weighted by molar-refractivity contribution is 0.177. The summed E-state index contributed by atoms with van der Waals surface area (Å²) in [5, 5.41) is 11.9. The predicted octanol–water partition coefficient (Wildman–Crippen LogP) is 2.85. The van der Waals surface area contributed by atoms with Crippen molar-refractivity contribution in [2.45, 2.75) is 38.8 Å². The van der Waals surface area contributed by atoms with Gasteiger partial charge in [-0.25, -0.2) is 0 Å². The molecule has 3 rings (SSSR count). The summed E-state index contributed by atoms with van der Waals surface area (Å²) in [6.07, 6.45) is 4.30. The summed E-state index contributed by atoms with van der Waals surface area (Å²) in [7, 11) is 0. The van der Waals surface area contributed by atoms with Gasteiger partial charge >= 0.3 is 0 Å². The molecule has 0 atom stereocenters. The Morgan fingerprint density at radius 3 is 2.84 bits per heavy atom. The molecule has 4 nitrogen and oxygen atoms in total. The van der Waals surface area contributed by atoms with Gasteiger partial charge in [0.1, 0.15) is 0 Å². The van der Waals surface area contributed by atoms with Gasteiger partial charge in [0, 0.05) is 36.2 Å². The molecule has 1 aliphatic rings. The Kier molecular flexibility index (Phi) is 3.42. The maximum atomic E-state index is 4.06. The molecule has 1 aromatic carbocycles. The molecule has 0 radical (unpaired) electrons. The molecule has 19 heavy (non-hydrogen) atoms. The van der Waals surface area contributed by atoms with Crippen LogP contribution >= 0.6 is 0 Å². The number of rotatable bonds is 3. The highest BCUT2D eigenvalue weighted by Crippen LogP contribution is 2.21. The molecule has 0 aliphatic carbocycles. The van der Waals surface area contributed by atoms with Crippen LogP contribution in [0.15, 0.2) is 24.4 Å². The minimum atomic E-state index is 0.593. The van der Waals surface area contributed by atoms with Crippen LogP contribution in [0.5, 0.6) is 0 Å². The number of H-pyrrole nitrogens is 1. The van der Waals surface area contributed by atoms with Crippen LogP contribution in [0.25, 0.3) is 10.9 Å². The van der Waals surface area contributed by atoms with Gasteiger partial charge in [-0.05, 0) is 44.9 Å². The van der Waals surface area contributed by atoms with E-state index in [2.05, 4.69) is 52.5 Å². The minimum absolute atomic E-state index is 0.593. The Labute approximate surface area is 114 Å². The van der Waals surface area contributed by atoms with Crippen molar-refractivity contribution in [1.29, 1.82) is 0 Å². The van der Waals surface area contributed by atoms with Gasteiger partial charge in [-0.1, -0.05) is 0 Å². The van der Waals surface area contributed by atoms with Gasteiger partial charge in [0.05, 0.1) is 11.7 Å². The molecule has 0 amide bonds. The van der Waals surface area contributed by atoms with Crippen LogP contribution in [0.1, 0.15) is 26.7 Å². The number of nitrogens with one attached hydrogen (secondary N) is 2. The number of hydrogen-bond donors (Lipinski definition) is 2. The fraction of sp³-hybridized carbons (Fsp3) is 0.533. The molecule has 102 valence electrons. The summed E-state index contributed by atoms with van der Waals surface area (Å²) in [6.45, 7) is 6.95. The maximum absolute atomic E-state index is 4.06. The van der Waals surface area contributed by atoms with Crippen LogP contribution in [0.3, 0.4) is 0 Å². The summed E-state index contributed by atoms with van der Waals surface area (Å²) in [6, 6.07) is 7.67. The smallest absolute Gasteiger partial charge is 0.0670 e. The van der Waals surface area contributed by atoms with E-state index in [9.17, 15) is 0 Å². The molecular formula is C15H22N4. The van der Waals surface area contributed by atoms with Crippen molar-refractivity contribution < 1.29 is 0 Å². The van der Waals surface area contributed by atoms with Crippen LogP contribution < -0.4 is 5.32 Å². The normalized spacial score (nSPS) is 18.3. The third-order valence-corrected chi connectivity index (χ3v) is 4.07. The second kappa shape index (κ2) is 5.21. The van der Waals surface area contributed by atoms with Crippen molar-refractivity contribution >= 4 is 16.6 Å². The van der Waals surface area contributed by atoms with E-state index < -0.39 is 0 Å². The Bertz CT molecular complexity index is 538. The first-order chi connectivity index (χ1) is 9.22. The van der Waals surface area contributed by atoms with Gasteiger partial charge in [0.25, 0.3) is 0 Å². The number of benzene rings is 1. The summed E-state index contributed by atoms with van der Waals surface area (Å²) < 4.78 is 0. The second-order valence-corrected chi connectivity index (χ2v) is 5.72. The second-order valence-electron chi connectivity index (χ2n) is 5.72. The number of aromatic amines is 1. The van der Waals surface area contributed by atoms with E-state index in [0.717, 1.165) is 5.52 Å². The van der Waals surface area contributed by atoms with Crippen molar-refractivity contribution in [3.8, 4) is 0 Å². The molecule has 0 saturated carbocycles.